The molecule has 3 rings (SSSR count). The minimum absolute atomic E-state index is 0.0687. The number of fused-ring (bicyclic) bond motifs is 2. The van der Waals surface area contributed by atoms with Crippen LogP contribution in [0.25, 0.3) is 0 Å². The summed E-state index contributed by atoms with van der Waals surface area (Å²) < 4.78 is 10.5. The summed E-state index contributed by atoms with van der Waals surface area (Å²) in [5.74, 6) is -0.322. The molecule has 8 atom stereocenters. The number of esters is 1. The molecule has 2 aliphatic carbocycles. The normalized spacial score (nSPS) is 51.7. The van der Waals surface area contributed by atoms with Gasteiger partial charge in [0.05, 0.1) is 0 Å². The smallest absolute Gasteiger partial charge is 0.338 e. The molecule has 3 aliphatic rings. The van der Waals surface area contributed by atoms with Gasteiger partial charge < -0.3 is 29.9 Å². The Kier molecular flexibility index (Phi) is 4.01. The van der Waals surface area contributed by atoms with Crippen LogP contribution in [-0.4, -0.2) is 63.2 Å². The third kappa shape index (κ3) is 2.33. The van der Waals surface area contributed by atoms with Gasteiger partial charge in [-0.3, -0.25) is 0 Å². The van der Waals surface area contributed by atoms with Crippen molar-refractivity contribution in [1.29, 1.82) is 0 Å². The fraction of sp³-hybridized carbons (Fsp3) is 0.938. The van der Waals surface area contributed by atoms with Gasteiger partial charge in [-0.1, -0.05) is 20.8 Å². The molecule has 0 aromatic heterocycles. The molecule has 0 spiro atoms. The second-order valence-corrected chi connectivity index (χ2v) is 7.96. The maximum atomic E-state index is 12.4. The van der Waals surface area contributed by atoms with Crippen molar-refractivity contribution >= 4 is 5.97 Å². The number of aliphatic hydroxyl groups is 4. The van der Waals surface area contributed by atoms with Gasteiger partial charge in [0.25, 0.3) is 0 Å². The fourth-order valence-electron chi connectivity index (χ4n) is 4.57. The lowest BCUT2D eigenvalue weighted by Gasteiger charge is -2.40. The quantitative estimate of drug-likeness (QED) is 0.506. The number of carbonyl (C=O) groups is 1. The average Bonchev–Trinajstić information content (AvgIpc) is 2.82. The molecule has 23 heavy (non-hydrogen) atoms. The van der Waals surface area contributed by atoms with E-state index >= 15 is 0 Å². The zero-order valence-electron chi connectivity index (χ0n) is 13.7. The number of carbonyl (C=O) groups excluding carboxylic acids is 1. The van der Waals surface area contributed by atoms with Crippen LogP contribution in [0.2, 0.25) is 0 Å². The van der Waals surface area contributed by atoms with E-state index in [2.05, 4.69) is 20.8 Å². The lowest BCUT2D eigenvalue weighted by Crippen LogP contribution is -2.60. The van der Waals surface area contributed by atoms with Crippen molar-refractivity contribution in [1.82, 2.24) is 0 Å². The van der Waals surface area contributed by atoms with E-state index in [1.165, 1.54) is 0 Å². The van der Waals surface area contributed by atoms with Crippen molar-refractivity contribution in [3.63, 3.8) is 0 Å². The molecule has 7 nitrogen and oxygen atoms in total. The summed E-state index contributed by atoms with van der Waals surface area (Å²) in [6.07, 6.45) is -5.62. The lowest BCUT2D eigenvalue weighted by molar-refractivity contribution is -0.283. The van der Waals surface area contributed by atoms with Gasteiger partial charge in [-0.15, -0.1) is 0 Å². The highest BCUT2D eigenvalue weighted by Gasteiger charge is 2.63. The van der Waals surface area contributed by atoms with Crippen LogP contribution in [-0.2, 0) is 14.3 Å². The van der Waals surface area contributed by atoms with E-state index in [4.69, 9.17) is 9.47 Å². The molecule has 1 aliphatic heterocycles. The highest BCUT2D eigenvalue weighted by molar-refractivity contribution is 5.76. The van der Waals surface area contributed by atoms with Gasteiger partial charge in [-0.25, -0.2) is 4.79 Å². The van der Waals surface area contributed by atoms with Crippen LogP contribution in [0.4, 0.5) is 0 Å². The van der Waals surface area contributed by atoms with Crippen LogP contribution >= 0.6 is 0 Å². The Morgan fingerprint density at radius 1 is 1.09 bits per heavy atom. The van der Waals surface area contributed by atoms with Crippen molar-refractivity contribution in [3.8, 4) is 0 Å². The van der Waals surface area contributed by atoms with Crippen molar-refractivity contribution < 1.29 is 34.7 Å². The minimum atomic E-state index is -1.74. The standard InChI is InChI=1S/C16H26O7/c1-15(2)7-4-5-16(15,3)8(6-7)22-14(21)12-10(18)9(17)11(19)13(20)23-12/h7-13,17-20H,4-6H2,1-3H3/t7-,8+,9+,10+,11-,12+,13-,16-/m1/s1. The number of aliphatic hydroxyl groups excluding tert-OH is 4. The average molecular weight is 330 g/mol. The molecule has 3 fully saturated rings. The maximum Gasteiger partial charge on any atom is 0.338 e. The number of hydrogen-bond donors (Lipinski definition) is 4. The second kappa shape index (κ2) is 5.39. The Morgan fingerprint density at radius 3 is 2.26 bits per heavy atom. The van der Waals surface area contributed by atoms with Crippen LogP contribution < -0.4 is 0 Å². The number of hydrogen-bond acceptors (Lipinski definition) is 7. The number of rotatable bonds is 2. The summed E-state index contributed by atoms with van der Waals surface area (Å²) in [6.45, 7) is 6.49. The van der Waals surface area contributed by atoms with Crippen molar-refractivity contribution in [2.45, 2.75) is 76.8 Å². The molecule has 0 aromatic rings. The lowest BCUT2D eigenvalue weighted by atomic mass is 9.70. The van der Waals surface area contributed by atoms with Crippen molar-refractivity contribution in [2.24, 2.45) is 16.7 Å². The Balaban J connectivity index is 1.71. The van der Waals surface area contributed by atoms with E-state index in [9.17, 15) is 25.2 Å². The number of ether oxygens (including phenoxy) is 2. The van der Waals surface area contributed by atoms with Gasteiger partial charge in [-0.05, 0) is 30.6 Å². The summed E-state index contributed by atoms with van der Waals surface area (Å²) in [5, 5.41) is 38.6. The summed E-state index contributed by atoms with van der Waals surface area (Å²) in [6, 6.07) is 0. The monoisotopic (exact) mass is 330 g/mol. The molecule has 1 saturated heterocycles. The second-order valence-electron chi connectivity index (χ2n) is 7.96. The highest BCUT2D eigenvalue weighted by atomic mass is 16.7. The van der Waals surface area contributed by atoms with Crippen LogP contribution in [0, 0.1) is 16.7 Å². The zero-order chi connectivity index (χ0) is 17.2. The van der Waals surface area contributed by atoms with Crippen LogP contribution in [0.1, 0.15) is 40.0 Å². The molecule has 2 saturated carbocycles. The summed E-state index contributed by atoms with van der Waals surface area (Å²) >= 11 is 0. The van der Waals surface area contributed by atoms with E-state index in [1.807, 2.05) is 0 Å². The van der Waals surface area contributed by atoms with Gasteiger partial charge in [0.1, 0.15) is 24.4 Å². The van der Waals surface area contributed by atoms with Crippen LogP contribution in [0.5, 0.6) is 0 Å². The third-order valence-electron chi connectivity index (χ3n) is 6.79. The van der Waals surface area contributed by atoms with Gasteiger partial charge in [0.15, 0.2) is 12.4 Å². The predicted octanol–water partition coefficient (Wildman–Crippen LogP) is -0.456. The molecule has 0 unspecified atom stereocenters. The Bertz CT molecular complexity index is 493. The Hall–Kier alpha value is -0.730. The zero-order valence-corrected chi connectivity index (χ0v) is 13.7. The topological polar surface area (TPSA) is 116 Å². The molecule has 0 amide bonds. The molecular formula is C16H26O7. The van der Waals surface area contributed by atoms with Crippen molar-refractivity contribution in [2.75, 3.05) is 0 Å². The van der Waals surface area contributed by atoms with Gasteiger partial charge in [-0.2, -0.15) is 0 Å². The maximum absolute atomic E-state index is 12.4. The van der Waals surface area contributed by atoms with E-state index in [0.29, 0.717) is 5.92 Å². The Morgan fingerprint density at radius 2 is 1.74 bits per heavy atom. The van der Waals surface area contributed by atoms with Crippen LogP contribution in [0.15, 0.2) is 0 Å². The first-order chi connectivity index (χ1) is 10.6. The summed E-state index contributed by atoms with van der Waals surface area (Å²) in [4.78, 5) is 12.4. The molecule has 2 bridgehead atoms. The first-order valence-corrected chi connectivity index (χ1v) is 8.18. The van der Waals surface area contributed by atoms with Gasteiger partial charge in [0, 0.05) is 5.41 Å². The van der Waals surface area contributed by atoms with Gasteiger partial charge in [0.2, 0.25) is 0 Å². The summed E-state index contributed by atoms with van der Waals surface area (Å²) in [5.41, 5.74) is -0.0666. The third-order valence-corrected chi connectivity index (χ3v) is 6.79. The van der Waals surface area contributed by atoms with E-state index < -0.39 is 36.7 Å². The fourth-order valence-corrected chi connectivity index (χ4v) is 4.57. The molecule has 1 heterocycles. The molecule has 0 aromatic carbocycles. The predicted molar refractivity (Wildman–Crippen MR) is 78.0 cm³/mol. The largest absolute Gasteiger partial charge is 0.460 e. The first kappa shape index (κ1) is 17.1. The summed E-state index contributed by atoms with van der Waals surface area (Å²) in [7, 11) is 0. The van der Waals surface area contributed by atoms with Crippen molar-refractivity contribution in [3.05, 3.63) is 0 Å². The van der Waals surface area contributed by atoms with Gasteiger partial charge >= 0.3 is 5.97 Å². The molecule has 7 heteroatoms. The molecule has 132 valence electrons. The Labute approximate surface area is 135 Å². The minimum Gasteiger partial charge on any atom is -0.460 e. The highest BCUT2D eigenvalue weighted by Crippen LogP contribution is 2.66. The van der Waals surface area contributed by atoms with E-state index in [1.54, 1.807) is 0 Å². The SMILES string of the molecule is CC1(C)[C@@H]2CC[C@]1(C)[C@@H](OC(=O)[C@H]1O[C@@H](O)[C@H](O)[C@@H](O)[C@@H]1O)C2. The molecule has 4 N–H and O–H groups in total. The molecule has 0 radical (unpaired) electrons. The first-order valence-electron chi connectivity index (χ1n) is 8.18. The van der Waals surface area contributed by atoms with E-state index in [0.717, 1.165) is 19.3 Å². The van der Waals surface area contributed by atoms with Crippen LogP contribution in [0.3, 0.4) is 0 Å². The molecular weight excluding hydrogens is 304 g/mol. The van der Waals surface area contributed by atoms with E-state index in [-0.39, 0.29) is 16.9 Å².